The summed E-state index contributed by atoms with van der Waals surface area (Å²) in [6.07, 6.45) is 0. The van der Waals surface area contributed by atoms with E-state index in [1.807, 2.05) is 0 Å². The van der Waals surface area contributed by atoms with Gasteiger partial charge in [-0.15, -0.1) is 0 Å². The predicted molar refractivity (Wildman–Crippen MR) is 15.6 cm³/mol. The van der Waals surface area contributed by atoms with Crippen LogP contribution in [-0.4, -0.2) is 16.8 Å². The molecule has 0 radical (unpaired) electrons. The van der Waals surface area contributed by atoms with Gasteiger partial charge in [0.2, 0.25) is 0 Å². The summed E-state index contributed by atoms with van der Waals surface area (Å²) in [7, 11) is 0. The third kappa shape index (κ3) is 40300. The molecule has 96 valence electrons. The molecule has 0 heterocycles. The SMILES string of the molecule is [B+3].[B+3].[O]=[Cr](=[O])([O-])[O-].[O]=[Cr](=[O])([O-])[O-].[O]=[Cr](=[O])([O-])[O-]. The molecule has 0 rings (SSSR count). The van der Waals surface area contributed by atoms with Crippen LogP contribution in [0, 0.1) is 0 Å². The standard InChI is InChI=1S/2B.3Cr.12O/q2*+3;;;;;;;;;;6*-1. The van der Waals surface area contributed by atoms with E-state index in [1.165, 1.54) is 0 Å². The normalized spacial score (nSPS) is 10.2. The molecule has 0 unspecified atom stereocenters. The maximum atomic E-state index is 8.59. The van der Waals surface area contributed by atoms with Gasteiger partial charge in [0.1, 0.15) is 0 Å². The summed E-state index contributed by atoms with van der Waals surface area (Å²) in [5.41, 5.74) is 0. The molecule has 12 nitrogen and oxygen atoms in total. The average molecular weight is 370 g/mol. The summed E-state index contributed by atoms with van der Waals surface area (Å²) in [5, 5.41) is 0. The van der Waals surface area contributed by atoms with Gasteiger partial charge in [-0.1, -0.05) is 0 Å². The second kappa shape index (κ2) is 11.4. The van der Waals surface area contributed by atoms with E-state index in [0.717, 1.165) is 0 Å². The van der Waals surface area contributed by atoms with Crippen LogP contribution in [0.15, 0.2) is 0 Å². The van der Waals surface area contributed by atoms with Crippen LogP contribution >= 0.6 is 0 Å². The third-order valence-electron chi connectivity index (χ3n) is 0. The van der Waals surface area contributed by atoms with Crippen molar-refractivity contribution in [3.05, 3.63) is 0 Å². The van der Waals surface area contributed by atoms with Crippen LogP contribution in [0.5, 0.6) is 0 Å². The van der Waals surface area contributed by atoms with Gasteiger partial charge in [0, 0.05) is 0 Å². The van der Waals surface area contributed by atoms with Gasteiger partial charge < -0.3 is 0 Å². The van der Waals surface area contributed by atoms with Gasteiger partial charge >= 0.3 is 105 Å². The Hall–Kier alpha value is 0.287. The molecule has 0 aliphatic carbocycles. The first-order valence-corrected chi connectivity index (χ1v) is 8.25. The number of hydrogen-bond acceptors (Lipinski definition) is 12. The van der Waals surface area contributed by atoms with Gasteiger partial charge in [0.15, 0.2) is 0 Å². The molecule has 0 bridgehead atoms. The molecular formula is B2Cr3O12. The molecule has 0 saturated carbocycles. The Morgan fingerprint density at radius 3 is 0.412 bits per heavy atom. The third-order valence-corrected chi connectivity index (χ3v) is 0. The molecule has 0 fully saturated rings. The van der Waals surface area contributed by atoms with E-state index in [2.05, 4.69) is 0 Å². The molecule has 0 atom stereocenters. The van der Waals surface area contributed by atoms with E-state index in [9.17, 15) is 0 Å². The summed E-state index contributed by atoms with van der Waals surface area (Å²) in [6.45, 7) is 0. The average Bonchev–Trinajstić information content (AvgIpc) is 1.41. The van der Waals surface area contributed by atoms with Gasteiger partial charge in [-0.3, -0.25) is 0 Å². The van der Waals surface area contributed by atoms with Crippen molar-refractivity contribution in [2.75, 3.05) is 0 Å². The van der Waals surface area contributed by atoms with Crippen molar-refractivity contribution in [1.82, 2.24) is 0 Å². The van der Waals surface area contributed by atoms with Crippen molar-refractivity contribution >= 4 is 16.8 Å². The molecule has 0 aromatic carbocycles. The number of rotatable bonds is 0. The summed E-state index contributed by atoms with van der Waals surface area (Å²) in [4.78, 5) is 0. The maximum absolute atomic E-state index is 8.59. The predicted octanol–water partition coefficient (Wildman–Crippen LogP) is -8.62. The molecule has 0 aromatic rings. The van der Waals surface area contributed by atoms with E-state index < -0.39 is 40.8 Å². The van der Waals surface area contributed by atoms with E-state index in [1.54, 1.807) is 0 Å². The van der Waals surface area contributed by atoms with Gasteiger partial charge in [-0.05, 0) is 0 Å². The van der Waals surface area contributed by atoms with Gasteiger partial charge in [0.25, 0.3) is 0 Å². The van der Waals surface area contributed by atoms with Crippen LogP contribution in [0.4, 0.5) is 0 Å². The van der Waals surface area contributed by atoms with Crippen LogP contribution in [-0.2, 0) is 63.7 Å². The van der Waals surface area contributed by atoms with E-state index in [-0.39, 0.29) is 16.8 Å². The summed E-state index contributed by atoms with van der Waals surface area (Å²) in [5.74, 6) is 0. The van der Waals surface area contributed by atoms with Crippen LogP contribution in [0.3, 0.4) is 0 Å². The van der Waals surface area contributed by atoms with Crippen molar-refractivity contribution in [2.24, 2.45) is 0 Å². The first-order chi connectivity index (χ1) is 6.00. The zero-order valence-electron chi connectivity index (χ0n) is 7.28. The van der Waals surface area contributed by atoms with Crippen molar-refractivity contribution in [3.63, 3.8) is 0 Å². The fraction of sp³-hybridized carbons (Fsp3) is 0. The second-order valence-corrected chi connectivity index (χ2v) is 5.05. The Labute approximate surface area is 105 Å². The van der Waals surface area contributed by atoms with Crippen molar-refractivity contribution in [1.29, 1.82) is 0 Å². The van der Waals surface area contributed by atoms with Crippen molar-refractivity contribution < 1.29 is 88.6 Å². The number of hydrogen-bond donors (Lipinski definition) is 0. The fourth-order valence-corrected chi connectivity index (χ4v) is 0. The molecule has 0 N–H and O–H groups in total. The van der Waals surface area contributed by atoms with E-state index >= 15 is 0 Å². The zero-order chi connectivity index (χ0) is 13.5. The van der Waals surface area contributed by atoms with Crippen LogP contribution in [0.2, 0.25) is 0 Å². The Morgan fingerprint density at radius 1 is 0.412 bits per heavy atom. The Morgan fingerprint density at radius 2 is 0.412 bits per heavy atom. The molecule has 0 amide bonds. The van der Waals surface area contributed by atoms with Crippen LogP contribution < -0.4 is 24.9 Å². The molecular weight excluding hydrogens is 370 g/mol. The minimum atomic E-state index is -5.75. The quantitative estimate of drug-likeness (QED) is 0.361. The molecule has 17 heavy (non-hydrogen) atoms. The molecule has 0 aliphatic rings. The van der Waals surface area contributed by atoms with Gasteiger partial charge in [-0.2, -0.15) is 0 Å². The first kappa shape index (κ1) is 30.4. The monoisotopic (exact) mass is 370 g/mol. The summed E-state index contributed by atoms with van der Waals surface area (Å²) in [6, 6.07) is 0. The van der Waals surface area contributed by atoms with E-state index in [4.69, 9.17) is 47.8 Å². The van der Waals surface area contributed by atoms with Crippen molar-refractivity contribution in [2.45, 2.75) is 0 Å². The fourth-order valence-electron chi connectivity index (χ4n) is 0. The van der Waals surface area contributed by atoms with E-state index in [0.29, 0.717) is 0 Å². The van der Waals surface area contributed by atoms with Gasteiger partial charge in [0.05, 0.1) is 0 Å². The van der Waals surface area contributed by atoms with Crippen LogP contribution in [0.1, 0.15) is 0 Å². The topological polar surface area (TPSA) is 241 Å². The Bertz CT molecular complexity index is 341. The summed E-state index contributed by atoms with van der Waals surface area (Å²) >= 11 is -17.2. The summed E-state index contributed by atoms with van der Waals surface area (Å²) < 4.78 is 103. The zero-order valence-corrected chi connectivity index (χ0v) is 11.1. The molecule has 0 spiro atoms. The first-order valence-electron chi connectivity index (χ1n) is 2.00. The molecule has 17 heteroatoms. The molecule has 0 aliphatic heterocycles. The second-order valence-electron chi connectivity index (χ2n) is 1.22. The minimum absolute atomic E-state index is 0. The van der Waals surface area contributed by atoms with Gasteiger partial charge in [-0.25, -0.2) is 0 Å². The Kier molecular flexibility index (Phi) is 20.3. The van der Waals surface area contributed by atoms with Crippen molar-refractivity contribution in [3.8, 4) is 0 Å². The molecule has 0 saturated heterocycles. The molecule has 0 aromatic heterocycles. The Balaban J connectivity index is -0.0000000400. The van der Waals surface area contributed by atoms with Crippen LogP contribution in [0.25, 0.3) is 0 Å².